The minimum Gasteiger partial charge on any atom is -0.305 e. The van der Waals surface area contributed by atoms with E-state index in [9.17, 15) is 18.0 Å². The predicted molar refractivity (Wildman–Crippen MR) is 85.7 cm³/mol. The number of carbonyl (C=O) groups is 2. The van der Waals surface area contributed by atoms with Gasteiger partial charge in [0.1, 0.15) is 16.1 Å². The lowest BCUT2D eigenvalue weighted by Crippen LogP contribution is -2.41. The number of anilines is 1. The number of hydrogen-bond acceptors (Lipinski definition) is 4. The van der Waals surface area contributed by atoms with E-state index in [2.05, 4.69) is 0 Å². The summed E-state index contributed by atoms with van der Waals surface area (Å²) in [6, 6.07) is 5.71. The quantitative estimate of drug-likeness (QED) is 0.790. The van der Waals surface area contributed by atoms with E-state index in [-0.39, 0.29) is 29.9 Å². The summed E-state index contributed by atoms with van der Waals surface area (Å²) in [5.41, 5.74) is 2.62. The Balaban J connectivity index is 2.28. The highest BCUT2D eigenvalue weighted by Crippen LogP contribution is 2.28. The number of aldehydes is 1. The maximum Gasteiger partial charge on any atom is 0.230 e. The number of sulfone groups is 1. The molecule has 2 rings (SSSR count). The average Bonchev–Trinajstić information content (AvgIpc) is 2.45. The lowest BCUT2D eigenvalue weighted by atomic mass is 9.99. The molecule has 0 radical (unpaired) electrons. The van der Waals surface area contributed by atoms with E-state index in [4.69, 9.17) is 0 Å². The highest BCUT2D eigenvalue weighted by Gasteiger charge is 2.32. The van der Waals surface area contributed by atoms with Crippen molar-refractivity contribution in [2.45, 2.75) is 26.7 Å². The van der Waals surface area contributed by atoms with Crippen LogP contribution in [0.1, 0.15) is 24.0 Å². The number of aryl methyl sites for hydroxylation is 2. The minimum atomic E-state index is -3.01. The number of carbonyl (C=O) groups excluding carboxylic acids is 2. The fourth-order valence-electron chi connectivity index (χ4n) is 2.95. The van der Waals surface area contributed by atoms with E-state index in [0.29, 0.717) is 19.1 Å². The molecule has 1 saturated heterocycles. The fourth-order valence-corrected chi connectivity index (χ4v) is 4.45. The molecule has 1 aromatic rings. The molecule has 0 aliphatic carbocycles. The summed E-state index contributed by atoms with van der Waals surface area (Å²) in [5, 5.41) is 0. The summed E-state index contributed by atoms with van der Waals surface area (Å²) in [4.78, 5) is 25.3. The Bertz CT molecular complexity index is 647. The van der Waals surface area contributed by atoms with E-state index in [1.54, 1.807) is 0 Å². The van der Waals surface area contributed by atoms with Crippen molar-refractivity contribution >= 4 is 27.7 Å². The van der Waals surface area contributed by atoms with Crippen LogP contribution in [0.2, 0.25) is 0 Å². The molecule has 0 aromatic heterocycles. The Morgan fingerprint density at radius 3 is 2.27 bits per heavy atom. The number of amides is 1. The van der Waals surface area contributed by atoms with Gasteiger partial charge in [0.25, 0.3) is 0 Å². The van der Waals surface area contributed by atoms with Crippen LogP contribution >= 0.6 is 0 Å². The summed E-state index contributed by atoms with van der Waals surface area (Å²) in [6.45, 7) is 3.80. The van der Waals surface area contributed by atoms with Gasteiger partial charge in [-0.3, -0.25) is 4.79 Å². The van der Waals surface area contributed by atoms with E-state index >= 15 is 0 Å². The second kappa shape index (κ2) is 6.60. The zero-order valence-corrected chi connectivity index (χ0v) is 13.7. The molecule has 0 atom stereocenters. The summed E-state index contributed by atoms with van der Waals surface area (Å²) >= 11 is 0. The van der Waals surface area contributed by atoms with Crippen molar-refractivity contribution in [1.29, 1.82) is 0 Å². The molecule has 1 aliphatic heterocycles. The molecule has 1 fully saturated rings. The Hall–Kier alpha value is -1.69. The third-order valence-electron chi connectivity index (χ3n) is 4.14. The molecule has 22 heavy (non-hydrogen) atoms. The summed E-state index contributed by atoms with van der Waals surface area (Å²) in [7, 11) is -3.01. The number of benzene rings is 1. The van der Waals surface area contributed by atoms with Gasteiger partial charge < -0.3 is 9.69 Å². The van der Waals surface area contributed by atoms with Crippen LogP contribution in [0.5, 0.6) is 0 Å². The smallest absolute Gasteiger partial charge is 0.230 e. The molecule has 0 bridgehead atoms. The first-order valence-electron chi connectivity index (χ1n) is 7.37. The molecular weight excluding hydrogens is 302 g/mol. The first kappa shape index (κ1) is 16.7. The molecule has 120 valence electrons. The van der Waals surface area contributed by atoms with Crippen molar-refractivity contribution in [3.8, 4) is 0 Å². The molecule has 5 nitrogen and oxygen atoms in total. The molecule has 0 N–H and O–H groups in total. The highest BCUT2D eigenvalue weighted by molar-refractivity contribution is 7.91. The molecule has 1 amide bonds. The molecular formula is C16H21NO4S. The average molecular weight is 323 g/mol. The fraction of sp³-hybridized carbons (Fsp3) is 0.500. The molecule has 0 spiro atoms. The lowest BCUT2D eigenvalue weighted by Gasteiger charge is -2.30. The largest absolute Gasteiger partial charge is 0.305 e. The van der Waals surface area contributed by atoms with E-state index in [0.717, 1.165) is 16.8 Å². The zero-order valence-electron chi connectivity index (χ0n) is 12.9. The van der Waals surface area contributed by atoms with Crippen LogP contribution in [-0.4, -0.2) is 38.7 Å². The van der Waals surface area contributed by atoms with Gasteiger partial charge in [-0.1, -0.05) is 18.2 Å². The van der Waals surface area contributed by atoms with Crippen LogP contribution in [-0.2, 0) is 19.4 Å². The number of hydrogen-bond donors (Lipinski definition) is 0. The first-order chi connectivity index (χ1) is 10.4. The van der Waals surface area contributed by atoms with Crippen molar-refractivity contribution in [3.05, 3.63) is 29.3 Å². The van der Waals surface area contributed by atoms with Crippen LogP contribution < -0.4 is 4.90 Å². The first-order valence-corrected chi connectivity index (χ1v) is 9.19. The van der Waals surface area contributed by atoms with Crippen LogP contribution in [0, 0.1) is 19.8 Å². The van der Waals surface area contributed by atoms with Crippen molar-refractivity contribution in [2.75, 3.05) is 23.0 Å². The van der Waals surface area contributed by atoms with Crippen LogP contribution in [0.4, 0.5) is 5.69 Å². The maximum atomic E-state index is 12.8. The normalized spacial score (nSPS) is 17.9. The Labute approximate surface area is 131 Å². The van der Waals surface area contributed by atoms with E-state index < -0.39 is 9.84 Å². The maximum absolute atomic E-state index is 12.8. The van der Waals surface area contributed by atoms with Crippen molar-refractivity contribution < 1.29 is 18.0 Å². The van der Waals surface area contributed by atoms with E-state index in [1.807, 2.05) is 32.0 Å². The van der Waals surface area contributed by atoms with E-state index in [1.165, 1.54) is 4.90 Å². The van der Waals surface area contributed by atoms with Crippen LogP contribution in [0.3, 0.4) is 0 Å². The number of nitrogens with zero attached hydrogens (tertiary/aromatic N) is 1. The standard InChI is InChI=1S/C16H21NO4S/c1-12-4-3-5-13(2)15(12)17(8-9-18)16(19)14-6-10-22(20,21)11-7-14/h3-5,9,14H,6-8,10-11H2,1-2H3. The van der Waals surface area contributed by atoms with Gasteiger partial charge in [-0.05, 0) is 37.8 Å². The molecule has 6 heteroatoms. The topological polar surface area (TPSA) is 71.5 Å². The summed E-state index contributed by atoms with van der Waals surface area (Å²) < 4.78 is 23.0. The van der Waals surface area contributed by atoms with Crippen molar-refractivity contribution in [3.63, 3.8) is 0 Å². The molecule has 0 saturated carbocycles. The summed E-state index contributed by atoms with van der Waals surface area (Å²) in [5.74, 6) is -0.391. The van der Waals surface area contributed by atoms with Gasteiger partial charge in [0.2, 0.25) is 5.91 Å². The number of rotatable bonds is 4. The third kappa shape index (κ3) is 3.55. The van der Waals surface area contributed by atoms with Gasteiger partial charge in [0.15, 0.2) is 0 Å². The van der Waals surface area contributed by atoms with Gasteiger partial charge in [-0.2, -0.15) is 0 Å². The van der Waals surface area contributed by atoms with Crippen molar-refractivity contribution in [2.24, 2.45) is 5.92 Å². The zero-order chi connectivity index (χ0) is 16.3. The predicted octanol–water partition coefficient (Wildman–Crippen LogP) is 1.66. The monoisotopic (exact) mass is 323 g/mol. The SMILES string of the molecule is Cc1cccc(C)c1N(CC=O)C(=O)C1CCS(=O)(=O)CC1. The Morgan fingerprint density at radius 1 is 1.23 bits per heavy atom. The molecule has 1 heterocycles. The molecule has 1 aromatic carbocycles. The van der Waals surface area contributed by atoms with Gasteiger partial charge >= 0.3 is 0 Å². The lowest BCUT2D eigenvalue weighted by molar-refractivity contribution is -0.123. The Morgan fingerprint density at radius 2 is 1.77 bits per heavy atom. The second-order valence-corrected chi connectivity index (χ2v) is 8.09. The van der Waals surface area contributed by atoms with Gasteiger partial charge in [0.05, 0.1) is 18.1 Å². The van der Waals surface area contributed by atoms with Crippen LogP contribution in [0.15, 0.2) is 18.2 Å². The highest BCUT2D eigenvalue weighted by atomic mass is 32.2. The second-order valence-electron chi connectivity index (χ2n) is 5.78. The van der Waals surface area contributed by atoms with Gasteiger partial charge in [-0.15, -0.1) is 0 Å². The molecule has 0 unspecified atom stereocenters. The summed E-state index contributed by atoms with van der Waals surface area (Å²) in [6.07, 6.45) is 1.38. The minimum absolute atomic E-state index is 0.00617. The van der Waals surface area contributed by atoms with Gasteiger partial charge in [0, 0.05) is 11.6 Å². The van der Waals surface area contributed by atoms with Crippen LogP contribution in [0.25, 0.3) is 0 Å². The Kier molecular flexibility index (Phi) is 5.01. The van der Waals surface area contributed by atoms with Crippen molar-refractivity contribution in [1.82, 2.24) is 0 Å². The third-order valence-corrected chi connectivity index (χ3v) is 5.85. The molecule has 1 aliphatic rings. The number of para-hydroxylation sites is 1. The van der Waals surface area contributed by atoms with Gasteiger partial charge in [-0.25, -0.2) is 8.42 Å².